The van der Waals surface area contributed by atoms with E-state index in [-0.39, 0.29) is 24.1 Å². The van der Waals surface area contributed by atoms with Gasteiger partial charge >= 0.3 is 5.97 Å². The maximum Gasteiger partial charge on any atom is 0.306 e. The molecule has 0 bridgehead atoms. The molecule has 0 amide bonds. The third-order valence-corrected chi connectivity index (χ3v) is 4.29. The van der Waals surface area contributed by atoms with Crippen molar-refractivity contribution in [2.75, 3.05) is 6.61 Å². The number of hydrogen-bond acceptors (Lipinski definition) is 3. The summed E-state index contributed by atoms with van der Waals surface area (Å²) < 4.78 is 19.2. The zero-order valence-electron chi connectivity index (χ0n) is 13.1. The molecule has 1 unspecified atom stereocenters. The maximum absolute atomic E-state index is 13.3. The Morgan fingerprint density at radius 2 is 2.12 bits per heavy atom. The summed E-state index contributed by atoms with van der Waals surface area (Å²) in [7, 11) is 0. The molecule has 2 aromatic heterocycles. The topological polar surface area (TPSA) is 55.0 Å². The summed E-state index contributed by atoms with van der Waals surface area (Å²) in [4.78, 5) is 19.5. The summed E-state index contributed by atoms with van der Waals surface area (Å²) in [6, 6.07) is 8.15. The molecule has 0 fully saturated rings. The van der Waals surface area contributed by atoms with Gasteiger partial charge in [-0.25, -0.2) is 9.37 Å². The fraction of sp³-hybridized carbons (Fsp3) is 0.222. The average molecular weight is 391 g/mol. The number of rotatable bonds is 5. The van der Waals surface area contributed by atoms with Crippen LogP contribution >= 0.6 is 15.9 Å². The van der Waals surface area contributed by atoms with E-state index in [2.05, 4.69) is 25.9 Å². The lowest BCUT2D eigenvalue weighted by Crippen LogP contribution is -2.11. The van der Waals surface area contributed by atoms with Crippen molar-refractivity contribution in [2.24, 2.45) is 0 Å². The third-order valence-electron chi connectivity index (χ3n) is 3.85. The van der Waals surface area contributed by atoms with Gasteiger partial charge in [-0.2, -0.15) is 0 Å². The van der Waals surface area contributed by atoms with Crippen LogP contribution in [0, 0.1) is 5.82 Å². The lowest BCUT2D eigenvalue weighted by Gasteiger charge is -2.16. The van der Waals surface area contributed by atoms with Crippen LogP contribution in [0.5, 0.6) is 0 Å². The summed E-state index contributed by atoms with van der Waals surface area (Å²) in [6.45, 7) is 2.10. The van der Waals surface area contributed by atoms with Gasteiger partial charge in [0.15, 0.2) is 0 Å². The molecule has 2 heterocycles. The van der Waals surface area contributed by atoms with Gasteiger partial charge in [-0.3, -0.25) is 4.79 Å². The molecule has 1 N–H and O–H groups in total. The van der Waals surface area contributed by atoms with E-state index in [1.165, 1.54) is 12.1 Å². The summed E-state index contributed by atoms with van der Waals surface area (Å²) >= 11 is 3.42. The molecular weight excluding hydrogens is 375 g/mol. The zero-order valence-corrected chi connectivity index (χ0v) is 14.6. The Hall–Kier alpha value is -2.21. The van der Waals surface area contributed by atoms with Gasteiger partial charge in [0.2, 0.25) is 0 Å². The molecule has 0 radical (unpaired) electrons. The monoisotopic (exact) mass is 390 g/mol. The molecule has 3 aromatic rings. The molecule has 6 heteroatoms. The second-order valence-corrected chi connectivity index (χ2v) is 6.32. The smallest absolute Gasteiger partial charge is 0.306 e. The number of ether oxygens (including phenoxy) is 1. The predicted octanol–water partition coefficient (Wildman–Crippen LogP) is 4.55. The van der Waals surface area contributed by atoms with Crippen molar-refractivity contribution < 1.29 is 13.9 Å². The number of H-pyrrole nitrogens is 1. The number of nitrogens with zero attached hydrogens (tertiary/aromatic N) is 1. The highest BCUT2D eigenvalue weighted by atomic mass is 79.9. The number of carbonyl (C=O) groups excluding carboxylic acids is 1. The number of fused-ring (bicyclic) bond motifs is 1. The van der Waals surface area contributed by atoms with Gasteiger partial charge in [0.05, 0.1) is 13.0 Å². The largest absolute Gasteiger partial charge is 0.466 e. The lowest BCUT2D eigenvalue weighted by atomic mass is 9.88. The second kappa shape index (κ2) is 7.13. The first-order valence-corrected chi connectivity index (χ1v) is 8.41. The number of nitrogens with one attached hydrogen (secondary N) is 1. The Bertz CT molecular complexity index is 861. The van der Waals surface area contributed by atoms with Crippen LogP contribution in [0.15, 0.2) is 47.2 Å². The minimum absolute atomic E-state index is 0.180. The van der Waals surface area contributed by atoms with E-state index in [0.717, 1.165) is 26.6 Å². The van der Waals surface area contributed by atoms with Gasteiger partial charge < -0.3 is 9.72 Å². The van der Waals surface area contributed by atoms with Crippen molar-refractivity contribution in [3.8, 4) is 0 Å². The highest BCUT2D eigenvalue weighted by molar-refractivity contribution is 9.10. The van der Waals surface area contributed by atoms with Gasteiger partial charge in [0.1, 0.15) is 11.5 Å². The van der Waals surface area contributed by atoms with Gasteiger partial charge in [-0.05, 0) is 52.2 Å². The Kier molecular flexibility index (Phi) is 4.94. The van der Waals surface area contributed by atoms with E-state index in [4.69, 9.17) is 4.74 Å². The molecule has 0 saturated carbocycles. The Morgan fingerprint density at radius 1 is 1.38 bits per heavy atom. The summed E-state index contributed by atoms with van der Waals surface area (Å²) in [6.07, 6.45) is 3.73. The fourth-order valence-corrected chi connectivity index (χ4v) is 3.11. The number of hydrogen-bond donors (Lipinski definition) is 1. The van der Waals surface area contributed by atoms with Gasteiger partial charge in [0.25, 0.3) is 0 Å². The molecule has 3 rings (SSSR count). The van der Waals surface area contributed by atoms with E-state index < -0.39 is 0 Å². The zero-order chi connectivity index (χ0) is 17.1. The van der Waals surface area contributed by atoms with Crippen LogP contribution < -0.4 is 0 Å². The number of halogens is 2. The number of benzene rings is 1. The van der Waals surface area contributed by atoms with Crippen LogP contribution in [0.3, 0.4) is 0 Å². The first-order chi connectivity index (χ1) is 11.6. The van der Waals surface area contributed by atoms with Gasteiger partial charge in [0, 0.05) is 28.2 Å². The van der Waals surface area contributed by atoms with E-state index in [1.807, 2.05) is 12.3 Å². The minimum atomic E-state index is -0.308. The quantitative estimate of drug-likeness (QED) is 0.650. The second-order valence-electron chi connectivity index (χ2n) is 5.41. The van der Waals surface area contributed by atoms with E-state index in [0.29, 0.717) is 6.61 Å². The van der Waals surface area contributed by atoms with Crippen molar-refractivity contribution in [2.45, 2.75) is 19.3 Å². The third kappa shape index (κ3) is 3.48. The molecule has 4 nitrogen and oxygen atoms in total. The number of carbonyl (C=O) groups is 1. The number of aromatic nitrogens is 2. The molecule has 0 spiro atoms. The summed E-state index contributed by atoms with van der Waals surface area (Å²) in [5, 5.41) is 0.919. The molecular formula is C18H16BrFN2O2. The predicted molar refractivity (Wildman–Crippen MR) is 93.3 cm³/mol. The van der Waals surface area contributed by atoms with Crippen molar-refractivity contribution in [1.82, 2.24) is 9.97 Å². The van der Waals surface area contributed by atoms with E-state index >= 15 is 0 Å². The van der Waals surface area contributed by atoms with Crippen molar-refractivity contribution in [3.63, 3.8) is 0 Å². The molecule has 0 aliphatic rings. The maximum atomic E-state index is 13.3. The Balaban J connectivity index is 2.06. The molecule has 124 valence electrons. The highest BCUT2D eigenvalue weighted by Gasteiger charge is 2.22. The average Bonchev–Trinajstić information content (AvgIpc) is 2.96. The molecule has 0 aliphatic carbocycles. The van der Waals surface area contributed by atoms with Crippen LogP contribution in [0.4, 0.5) is 4.39 Å². The fourth-order valence-electron chi connectivity index (χ4n) is 2.78. The first-order valence-electron chi connectivity index (χ1n) is 7.62. The van der Waals surface area contributed by atoms with Crippen LogP contribution in [0.25, 0.3) is 11.0 Å². The van der Waals surface area contributed by atoms with Gasteiger partial charge in [-0.1, -0.05) is 12.1 Å². The van der Waals surface area contributed by atoms with Crippen molar-refractivity contribution in [3.05, 3.63) is 64.1 Å². The number of esters is 1. The van der Waals surface area contributed by atoms with Crippen molar-refractivity contribution >= 4 is 32.9 Å². The van der Waals surface area contributed by atoms with Crippen molar-refractivity contribution in [1.29, 1.82) is 0 Å². The number of aromatic amines is 1. The highest BCUT2D eigenvalue weighted by Crippen LogP contribution is 2.34. The van der Waals surface area contributed by atoms with Gasteiger partial charge in [-0.15, -0.1) is 0 Å². The lowest BCUT2D eigenvalue weighted by molar-refractivity contribution is -0.143. The normalized spacial score (nSPS) is 12.3. The molecule has 0 aliphatic heterocycles. The molecule has 1 atom stereocenters. The molecule has 0 saturated heterocycles. The molecule has 1 aromatic carbocycles. The van der Waals surface area contributed by atoms with Crippen LogP contribution in [-0.2, 0) is 9.53 Å². The summed E-state index contributed by atoms with van der Waals surface area (Å²) in [5.74, 6) is -0.837. The van der Waals surface area contributed by atoms with Crippen LogP contribution in [-0.4, -0.2) is 22.5 Å². The minimum Gasteiger partial charge on any atom is -0.466 e. The number of pyridine rings is 1. The Labute approximate surface area is 147 Å². The molecule has 24 heavy (non-hydrogen) atoms. The van der Waals surface area contributed by atoms with Crippen LogP contribution in [0.2, 0.25) is 0 Å². The van der Waals surface area contributed by atoms with Crippen LogP contribution in [0.1, 0.15) is 30.4 Å². The Morgan fingerprint density at radius 3 is 2.83 bits per heavy atom. The van der Waals surface area contributed by atoms with E-state index in [1.54, 1.807) is 25.3 Å². The SMILES string of the molecule is CCOC(=O)CC(c1ccc(F)cc1)c1c[nH]c2ncc(Br)cc12. The standard InChI is InChI=1S/C18H16BrFN2O2/c1-2-24-17(23)8-14(11-3-5-13(20)6-4-11)16-10-22-18-15(16)7-12(19)9-21-18/h3-7,9-10,14H,2,8H2,1H3,(H,21,22). The summed E-state index contributed by atoms with van der Waals surface area (Å²) in [5.41, 5.74) is 2.52. The van der Waals surface area contributed by atoms with E-state index in [9.17, 15) is 9.18 Å². The first kappa shape index (κ1) is 16.6.